The van der Waals surface area contributed by atoms with Gasteiger partial charge in [-0.1, -0.05) is 32.9 Å². The van der Waals surface area contributed by atoms with Gasteiger partial charge in [-0.3, -0.25) is 4.79 Å². The number of nitrogens with two attached hydrogens (primary N) is 1. The summed E-state index contributed by atoms with van der Waals surface area (Å²) >= 11 is 1.70. The van der Waals surface area contributed by atoms with Crippen molar-refractivity contribution in [1.82, 2.24) is 5.32 Å². The number of hydrogen-bond donors (Lipinski definition) is 2. The lowest BCUT2D eigenvalue weighted by Gasteiger charge is -2.27. The van der Waals surface area contributed by atoms with E-state index in [4.69, 9.17) is 5.73 Å². The lowest BCUT2D eigenvalue weighted by atomic mass is 9.86. The maximum Gasteiger partial charge on any atom is 0.237 e. The highest BCUT2D eigenvalue weighted by Gasteiger charge is 2.28. The third-order valence-corrected chi connectivity index (χ3v) is 3.93. The van der Waals surface area contributed by atoms with E-state index in [0.717, 1.165) is 5.56 Å². The van der Waals surface area contributed by atoms with Crippen LogP contribution in [-0.4, -0.2) is 18.2 Å². The van der Waals surface area contributed by atoms with Gasteiger partial charge in [0.2, 0.25) is 5.91 Å². The van der Waals surface area contributed by atoms with E-state index >= 15 is 0 Å². The summed E-state index contributed by atoms with van der Waals surface area (Å²) in [5, 5.41) is 2.97. The Kier molecular flexibility index (Phi) is 5.44. The van der Waals surface area contributed by atoms with Crippen LogP contribution in [0.3, 0.4) is 0 Å². The van der Waals surface area contributed by atoms with Crippen LogP contribution in [0, 0.1) is 5.41 Å². The minimum atomic E-state index is -0.500. The normalized spacial score (nSPS) is 14.8. The predicted molar refractivity (Wildman–Crippen MR) is 82.2 cm³/mol. The second-order valence-electron chi connectivity index (χ2n) is 5.85. The van der Waals surface area contributed by atoms with Crippen molar-refractivity contribution in [3.63, 3.8) is 0 Å². The number of hydrogen-bond acceptors (Lipinski definition) is 3. The van der Waals surface area contributed by atoms with Crippen molar-refractivity contribution in [3.05, 3.63) is 29.8 Å². The molecule has 1 aromatic carbocycles. The molecule has 0 aliphatic heterocycles. The third kappa shape index (κ3) is 4.55. The first kappa shape index (κ1) is 16.1. The molecule has 0 saturated carbocycles. The van der Waals surface area contributed by atoms with Crippen LogP contribution in [0.5, 0.6) is 0 Å². The monoisotopic (exact) mass is 280 g/mol. The molecule has 1 amide bonds. The van der Waals surface area contributed by atoms with E-state index in [9.17, 15) is 4.79 Å². The van der Waals surface area contributed by atoms with E-state index < -0.39 is 6.04 Å². The highest BCUT2D eigenvalue weighted by Crippen LogP contribution is 2.21. The maximum absolute atomic E-state index is 12.1. The molecule has 1 aromatic rings. The molecule has 4 heteroatoms. The number of rotatable bonds is 4. The van der Waals surface area contributed by atoms with Crippen molar-refractivity contribution < 1.29 is 4.79 Å². The van der Waals surface area contributed by atoms with Crippen LogP contribution >= 0.6 is 11.8 Å². The summed E-state index contributed by atoms with van der Waals surface area (Å²) in [7, 11) is 0. The number of thioether (sulfide) groups is 1. The molecule has 0 aliphatic rings. The quantitative estimate of drug-likeness (QED) is 0.834. The number of amides is 1. The van der Waals surface area contributed by atoms with Crippen molar-refractivity contribution in [2.75, 3.05) is 6.26 Å². The topological polar surface area (TPSA) is 55.1 Å². The van der Waals surface area contributed by atoms with Gasteiger partial charge in [-0.15, -0.1) is 11.8 Å². The Hall–Kier alpha value is -1.00. The molecule has 0 fully saturated rings. The zero-order chi connectivity index (χ0) is 14.6. The Balaban J connectivity index is 2.68. The molecule has 19 heavy (non-hydrogen) atoms. The minimum Gasteiger partial charge on any atom is -0.348 e. The first-order chi connectivity index (χ1) is 8.75. The Labute approximate surface area is 120 Å². The van der Waals surface area contributed by atoms with Crippen molar-refractivity contribution in [2.24, 2.45) is 11.1 Å². The van der Waals surface area contributed by atoms with Gasteiger partial charge >= 0.3 is 0 Å². The number of carbonyl (C=O) groups excluding carboxylic acids is 1. The van der Waals surface area contributed by atoms with Gasteiger partial charge in [0.05, 0.1) is 12.1 Å². The maximum atomic E-state index is 12.1. The molecular formula is C15H24N2OS. The Morgan fingerprint density at radius 3 is 2.21 bits per heavy atom. The Morgan fingerprint density at radius 2 is 1.79 bits per heavy atom. The first-order valence-corrected chi connectivity index (χ1v) is 7.68. The predicted octanol–water partition coefficient (Wildman–Crippen LogP) is 2.96. The molecule has 3 nitrogen and oxygen atoms in total. The summed E-state index contributed by atoms with van der Waals surface area (Å²) in [6, 6.07) is 7.68. The average molecular weight is 280 g/mol. The fourth-order valence-electron chi connectivity index (χ4n) is 1.67. The molecule has 2 atom stereocenters. The largest absolute Gasteiger partial charge is 0.348 e. The molecule has 1 rings (SSSR count). The van der Waals surface area contributed by atoms with E-state index in [1.54, 1.807) is 11.8 Å². The molecule has 0 spiro atoms. The fourth-order valence-corrected chi connectivity index (χ4v) is 2.08. The van der Waals surface area contributed by atoms with Gasteiger partial charge in [0.15, 0.2) is 0 Å². The van der Waals surface area contributed by atoms with Gasteiger partial charge in [-0.2, -0.15) is 0 Å². The van der Waals surface area contributed by atoms with Crippen LogP contribution in [0.2, 0.25) is 0 Å². The lowest BCUT2D eigenvalue weighted by molar-refractivity contribution is -0.125. The second-order valence-corrected chi connectivity index (χ2v) is 6.73. The van der Waals surface area contributed by atoms with E-state index in [2.05, 4.69) is 17.4 Å². The molecule has 106 valence electrons. The van der Waals surface area contributed by atoms with Crippen LogP contribution in [0.25, 0.3) is 0 Å². The van der Waals surface area contributed by atoms with Crippen LogP contribution in [0.4, 0.5) is 0 Å². The van der Waals surface area contributed by atoms with Gasteiger partial charge in [-0.25, -0.2) is 0 Å². The van der Waals surface area contributed by atoms with Gasteiger partial charge in [0, 0.05) is 4.90 Å². The third-order valence-electron chi connectivity index (χ3n) is 3.19. The van der Waals surface area contributed by atoms with Crippen LogP contribution in [0.15, 0.2) is 29.2 Å². The molecule has 1 unspecified atom stereocenters. The summed E-state index contributed by atoms with van der Waals surface area (Å²) in [4.78, 5) is 13.3. The van der Waals surface area contributed by atoms with Gasteiger partial charge < -0.3 is 11.1 Å². The smallest absolute Gasteiger partial charge is 0.237 e. The average Bonchev–Trinajstić information content (AvgIpc) is 2.36. The summed E-state index contributed by atoms with van der Waals surface area (Å²) < 4.78 is 0. The van der Waals surface area contributed by atoms with Crippen molar-refractivity contribution in [1.29, 1.82) is 0 Å². The van der Waals surface area contributed by atoms with Crippen molar-refractivity contribution in [3.8, 4) is 0 Å². The van der Waals surface area contributed by atoms with Crippen molar-refractivity contribution >= 4 is 17.7 Å². The van der Waals surface area contributed by atoms with Gasteiger partial charge in [-0.05, 0) is 36.3 Å². The summed E-state index contributed by atoms with van der Waals surface area (Å²) in [5.41, 5.74) is 6.81. The zero-order valence-electron chi connectivity index (χ0n) is 12.4. The Bertz CT molecular complexity index is 423. The molecular weight excluding hydrogens is 256 g/mol. The highest BCUT2D eigenvalue weighted by atomic mass is 32.2. The second kappa shape index (κ2) is 6.44. The fraction of sp³-hybridized carbons (Fsp3) is 0.533. The van der Waals surface area contributed by atoms with Crippen molar-refractivity contribution in [2.45, 2.75) is 44.7 Å². The molecule has 3 N–H and O–H groups in total. The van der Waals surface area contributed by atoms with E-state index in [1.165, 1.54) is 4.90 Å². The summed E-state index contributed by atoms with van der Waals surface area (Å²) in [6.45, 7) is 7.88. The van der Waals surface area contributed by atoms with E-state index in [-0.39, 0.29) is 17.4 Å². The van der Waals surface area contributed by atoms with Crippen LogP contribution in [-0.2, 0) is 4.79 Å². The number of benzene rings is 1. The van der Waals surface area contributed by atoms with Crippen LogP contribution < -0.4 is 11.1 Å². The molecule has 0 saturated heterocycles. The standard InChI is InChI=1S/C15H24N2OS/c1-10(11-6-8-12(19-5)9-7-11)17-14(18)13(16)15(2,3)4/h6-10,13H,16H2,1-5H3,(H,17,18)/t10?,13-/m1/s1. The molecule has 0 bridgehead atoms. The zero-order valence-corrected chi connectivity index (χ0v) is 13.2. The van der Waals surface area contributed by atoms with E-state index in [1.807, 2.05) is 46.1 Å². The Morgan fingerprint density at radius 1 is 1.26 bits per heavy atom. The summed E-state index contributed by atoms with van der Waals surface area (Å²) in [5.74, 6) is -0.103. The molecule has 0 heterocycles. The lowest BCUT2D eigenvalue weighted by Crippen LogP contribution is -2.49. The molecule has 0 aromatic heterocycles. The molecule has 0 aliphatic carbocycles. The van der Waals surface area contributed by atoms with E-state index in [0.29, 0.717) is 0 Å². The number of nitrogens with one attached hydrogen (secondary N) is 1. The summed E-state index contributed by atoms with van der Waals surface area (Å²) in [6.07, 6.45) is 2.04. The minimum absolute atomic E-state index is 0.0307. The SMILES string of the molecule is CSc1ccc(C(C)NC(=O)[C@@H](N)C(C)(C)C)cc1. The molecule has 0 radical (unpaired) electrons. The van der Waals surface area contributed by atoms with Gasteiger partial charge in [0.1, 0.15) is 0 Å². The van der Waals surface area contributed by atoms with Gasteiger partial charge in [0.25, 0.3) is 0 Å². The first-order valence-electron chi connectivity index (χ1n) is 6.45. The number of carbonyl (C=O) groups is 1. The van der Waals surface area contributed by atoms with Crippen LogP contribution in [0.1, 0.15) is 39.3 Å². The highest BCUT2D eigenvalue weighted by molar-refractivity contribution is 7.98.